The first-order chi connectivity index (χ1) is 16.1. The van der Waals surface area contributed by atoms with Gasteiger partial charge in [-0.15, -0.1) is 0 Å². The average Bonchev–Trinajstić information content (AvgIpc) is 2.82. The van der Waals surface area contributed by atoms with Crippen LogP contribution in [0.4, 0.5) is 5.95 Å². The summed E-state index contributed by atoms with van der Waals surface area (Å²) in [6, 6.07) is 6.76. The maximum atomic E-state index is 10.9. The van der Waals surface area contributed by atoms with Gasteiger partial charge in [0.1, 0.15) is 31.6 Å². The number of anilines is 1. The van der Waals surface area contributed by atoms with Crippen LogP contribution in [0.1, 0.15) is 70.9 Å². The second-order valence-electron chi connectivity index (χ2n) is 11.8. The van der Waals surface area contributed by atoms with Crippen molar-refractivity contribution in [1.82, 2.24) is 19.9 Å². The van der Waals surface area contributed by atoms with Gasteiger partial charge in [-0.2, -0.15) is 9.88 Å². The Balaban J connectivity index is 1.36. The molecular weight excluding hydrogens is 426 g/mol. The van der Waals surface area contributed by atoms with Gasteiger partial charge in [0.15, 0.2) is 11.9 Å². The van der Waals surface area contributed by atoms with Crippen LogP contribution in [0, 0.1) is 0 Å². The van der Waals surface area contributed by atoms with Crippen molar-refractivity contribution in [1.29, 1.82) is 0 Å². The molecule has 34 heavy (non-hydrogen) atoms. The van der Waals surface area contributed by atoms with Gasteiger partial charge in [-0.05, 0) is 47.3 Å². The summed E-state index contributed by atoms with van der Waals surface area (Å²) in [7, 11) is 0. The molecule has 0 saturated carbocycles. The van der Waals surface area contributed by atoms with Gasteiger partial charge in [-0.25, -0.2) is 9.97 Å². The molecule has 2 N–H and O–H groups in total. The number of aromatic nitrogens is 3. The lowest BCUT2D eigenvalue weighted by Crippen LogP contribution is -2.60. The molecule has 7 nitrogen and oxygen atoms in total. The molecule has 2 aromatic rings. The standard InChI is InChI=1S/C27H39N5O2/c1-26(2)10-11-27(3,4)21-14-18(7-8-20(21)26)24-28-17-29-25(30-24)32-13-9-22(23(34)16-32)31-12-5-6-19(33)15-31/h7-8,14,17,19,22-23,33-34H,5-6,9-13,15-16H2,1-4H3/q+1. The van der Waals surface area contributed by atoms with Crippen LogP contribution in [0.5, 0.6) is 0 Å². The maximum absolute atomic E-state index is 10.9. The first-order valence-electron chi connectivity index (χ1n) is 12.8. The molecule has 0 amide bonds. The molecule has 1 radical (unpaired) electrons. The number of fused-ring (bicyclic) bond motifs is 1. The fourth-order valence-corrected chi connectivity index (χ4v) is 6.12. The first kappa shape index (κ1) is 23.6. The minimum atomic E-state index is -0.494. The van der Waals surface area contributed by atoms with E-state index in [9.17, 15) is 10.2 Å². The minimum absolute atomic E-state index is 0.0822. The summed E-state index contributed by atoms with van der Waals surface area (Å²) in [5.41, 5.74) is 4.15. The third kappa shape index (κ3) is 4.45. The van der Waals surface area contributed by atoms with Crippen molar-refractivity contribution >= 4 is 5.95 Å². The molecule has 1 aliphatic carbocycles. The molecule has 5 rings (SSSR count). The van der Waals surface area contributed by atoms with E-state index in [1.165, 1.54) is 24.0 Å². The van der Waals surface area contributed by atoms with Crippen molar-refractivity contribution in [2.75, 3.05) is 31.1 Å². The van der Waals surface area contributed by atoms with E-state index in [-0.39, 0.29) is 23.0 Å². The molecule has 2 saturated heterocycles. The number of aliphatic hydroxyl groups is 2. The Morgan fingerprint density at radius 1 is 1.00 bits per heavy atom. The number of piperidine rings is 2. The lowest BCUT2D eigenvalue weighted by molar-refractivity contribution is 0.0367. The molecule has 2 fully saturated rings. The molecule has 3 aliphatic rings. The molecule has 0 spiro atoms. The van der Waals surface area contributed by atoms with Crippen molar-refractivity contribution in [2.24, 2.45) is 0 Å². The van der Waals surface area contributed by atoms with Gasteiger partial charge in [0, 0.05) is 24.9 Å². The molecule has 2 aliphatic heterocycles. The Morgan fingerprint density at radius 2 is 1.76 bits per heavy atom. The van der Waals surface area contributed by atoms with Crippen molar-refractivity contribution in [3.05, 3.63) is 35.7 Å². The maximum Gasteiger partial charge on any atom is 0.228 e. The van der Waals surface area contributed by atoms with Gasteiger partial charge in [0.25, 0.3) is 0 Å². The third-order valence-electron chi connectivity index (χ3n) is 8.40. The molecule has 3 unspecified atom stereocenters. The average molecular weight is 466 g/mol. The molecule has 0 bridgehead atoms. The lowest BCUT2D eigenvalue weighted by atomic mass is 9.63. The number of hydrogen-bond donors (Lipinski definition) is 2. The number of aliphatic hydroxyl groups excluding tert-OH is 2. The zero-order valence-electron chi connectivity index (χ0n) is 21.0. The summed E-state index contributed by atoms with van der Waals surface area (Å²) in [6.45, 7) is 12.2. The molecular formula is C27H39N5O2+. The van der Waals surface area contributed by atoms with Crippen molar-refractivity contribution in [3.63, 3.8) is 0 Å². The van der Waals surface area contributed by atoms with E-state index in [1.54, 1.807) is 6.33 Å². The van der Waals surface area contributed by atoms with Crippen molar-refractivity contribution in [2.45, 2.75) is 88.9 Å². The van der Waals surface area contributed by atoms with Crippen LogP contribution < -0.4 is 9.80 Å². The van der Waals surface area contributed by atoms with Gasteiger partial charge in [-0.1, -0.05) is 39.8 Å². The van der Waals surface area contributed by atoms with Crippen LogP contribution in [0.3, 0.4) is 0 Å². The smallest absolute Gasteiger partial charge is 0.228 e. The van der Waals surface area contributed by atoms with Crippen LogP contribution in [0.2, 0.25) is 0 Å². The Morgan fingerprint density at radius 3 is 2.50 bits per heavy atom. The molecule has 183 valence electrons. The highest BCUT2D eigenvalue weighted by molar-refractivity contribution is 5.61. The number of benzene rings is 1. The van der Waals surface area contributed by atoms with Gasteiger partial charge < -0.3 is 15.1 Å². The Hall–Kier alpha value is -2.09. The van der Waals surface area contributed by atoms with E-state index in [0.29, 0.717) is 24.9 Å². The number of β-amino-alcohol motifs (C(OH)–C–C–N with tert-alkyl or cyclic N) is 2. The summed E-state index contributed by atoms with van der Waals surface area (Å²) in [6.07, 6.45) is 5.85. The van der Waals surface area contributed by atoms with Gasteiger partial charge in [0.2, 0.25) is 5.95 Å². The zero-order chi connectivity index (χ0) is 24.1. The fraction of sp³-hybridized carbons (Fsp3) is 0.667. The highest BCUT2D eigenvalue weighted by Crippen LogP contribution is 2.46. The normalized spacial score (nSPS) is 29.0. The summed E-state index contributed by atoms with van der Waals surface area (Å²) in [5, 5.41) is 21.0. The molecule has 7 heteroatoms. The van der Waals surface area contributed by atoms with Crippen molar-refractivity contribution in [3.8, 4) is 11.4 Å². The lowest BCUT2D eigenvalue weighted by Gasteiger charge is -2.42. The number of hydrogen-bond acceptors (Lipinski definition) is 7. The van der Waals surface area contributed by atoms with E-state index in [2.05, 4.69) is 65.7 Å². The van der Waals surface area contributed by atoms with Gasteiger partial charge >= 0.3 is 0 Å². The van der Waals surface area contributed by atoms with E-state index in [0.717, 1.165) is 37.9 Å². The number of likely N-dealkylation sites (tertiary alicyclic amines) is 1. The van der Waals surface area contributed by atoms with Gasteiger partial charge in [0.05, 0.1) is 6.54 Å². The van der Waals surface area contributed by atoms with E-state index >= 15 is 0 Å². The Labute approximate surface area is 203 Å². The van der Waals surface area contributed by atoms with Crippen LogP contribution in [-0.2, 0) is 10.8 Å². The molecule has 1 aromatic carbocycles. The minimum Gasteiger partial charge on any atom is -0.387 e. The van der Waals surface area contributed by atoms with Crippen LogP contribution in [0.25, 0.3) is 11.4 Å². The predicted molar refractivity (Wildman–Crippen MR) is 134 cm³/mol. The van der Waals surface area contributed by atoms with E-state index < -0.39 is 6.10 Å². The Bertz CT molecular complexity index is 1040. The fourth-order valence-electron chi connectivity index (χ4n) is 6.12. The quantitative estimate of drug-likeness (QED) is 0.677. The van der Waals surface area contributed by atoms with Crippen molar-refractivity contribution < 1.29 is 10.2 Å². The summed E-state index contributed by atoms with van der Waals surface area (Å²) in [5.74, 6) is 1.31. The summed E-state index contributed by atoms with van der Waals surface area (Å²) in [4.78, 5) is 18.1. The van der Waals surface area contributed by atoms with Gasteiger partial charge in [-0.3, -0.25) is 0 Å². The Kier molecular flexibility index (Phi) is 6.15. The largest absolute Gasteiger partial charge is 0.387 e. The summed E-state index contributed by atoms with van der Waals surface area (Å²) >= 11 is 0. The van der Waals surface area contributed by atoms with E-state index in [1.807, 2.05) is 0 Å². The van der Waals surface area contributed by atoms with Crippen LogP contribution in [-0.4, -0.2) is 69.6 Å². The molecule has 3 atom stereocenters. The monoisotopic (exact) mass is 465 g/mol. The highest BCUT2D eigenvalue weighted by Gasteiger charge is 2.42. The number of rotatable bonds is 3. The number of nitrogens with zero attached hydrogens (tertiary/aromatic N) is 5. The third-order valence-corrected chi connectivity index (χ3v) is 8.40. The zero-order valence-corrected chi connectivity index (χ0v) is 21.0. The highest BCUT2D eigenvalue weighted by atomic mass is 16.3. The summed E-state index contributed by atoms with van der Waals surface area (Å²) < 4.78 is 0. The topological polar surface area (TPSA) is 88.3 Å². The van der Waals surface area contributed by atoms with Crippen LogP contribution in [0.15, 0.2) is 24.5 Å². The van der Waals surface area contributed by atoms with E-state index in [4.69, 9.17) is 4.98 Å². The predicted octanol–water partition coefficient (Wildman–Crippen LogP) is 3.12. The first-order valence-corrected chi connectivity index (χ1v) is 12.8. The van der Waals surface area contributed by atoms with Crippen LogP contribution >= 0.6 is 0 Å². The second-order valence-corrected chi connectivity index (χ2v) is 11.8. The molecule has 3 heterocycles. The molecule has 1 aromatic heterocycles. The SMILES string of the molecule is CC1(C)CCC(C)(C)c2cc(-c3ncnc(N4CCC([N+]5CCCC(O)C5)C(O)C4)n3)ccc21. The second kappa shape index (κ2) is 8.85.